The van der Waals surface area contributed by atoms with Crippen molar-refractivity contribution in [1.29, 1.82) is 0 Å². The predicted octanol–water partition coefficient (Wildman–Crippen LogP) is 2.62. The first-order chi connectivity index (χ1) is 9.70. The molecule has 1 amide bonds. The van der Waals surface area contributed by atoms with Gasteiger partial charge in [0.2, 0.25) is 5.91 Å². The number of benzene rings is 1. The molecule has 0 bridgehead atoms. The van der Waals surface area contributed by atoms with Gasteiger partial charge < -0.3 is 10.4 Å². The maximum absolute atomic E-state index is 12.2. The van der Waals surface area contributed by atoms with Gasteiger partial charge in [-0.15, -0.1) is 0 Å². The van der Waals surface area contributed by atoms with E-state index in [-0.39, 0.29) is 18.6 Å². The number of carbonyl (C=O) groups is 1. The Morgan fingerprint density at radius 3 is 2.90 bits per heavy atom. The molecule has 1 aromatic rings. The zero-order valence-electron chi connectivity index (χ0n) is 11.5. The molecule has 1 aliphatic rings. The maximum Gasteiger partial charge on any atom is 0.238 e. The number of para-hydroxylation sites is 1. The Hall–Kier alpha value is -0.910. The summed E-state index contributed by atoms with van der Waals surface area (Å²) in [6.45, 7) is 1.35. The van der Waals surface area contributed by atoms with E-state index < -0.39 is 0 Å². The normalized spacial score (nSPS) is 20.4. The van der Waals surface area contributed by atoms with Gasteiger partial charge in [0.25, 0.3) is 0 Å². The SMILES string of the molecule is O=C(CN1CCCCCC1CO)Nc1ccccc1Br. The van der Waals surface area contributed by atoms with Crippen LogP contribution in [0.1, 0.15) is 25.7 Å². The Bertz CT molecular complexity index is 453. The van der Waals surface area contributed by atoms with Gasteiger partial charge in [-0.2, -0.15) is 0 Å². The minimum atomic E-state index is -0.0303. The summed E-state index contributed by atoms with van der Waals surface area (Å²) in [5.41, 5.74) is 0.785. The van der Waals surface area contributed by atoms with Crippen LogP contribution in [-0.2, 0) is 4.79 Å². The smallest absolute Gasteiger partial charge is 0.238 e. The standard InChI is InChI=1S/C15H21BrN2O2/c16-13-7-3-4-8-14(13)17-15(20)10-18-9-5-1-2-6-12(18)11-19/h3-4,7-8,12,19H,1-2,5-6,9-11H2,(H,17,20). The fourth-order valence-corrected chi connectivity index (χ4v) is 2.97. The lowest BCUT2D eigenvalue weighted by Crippen LogP contribution is -2.42. The molecule has 1 aromatic carbocycles. The van der Waals surface area contributed by atoms with Gasteiger partial charge in [-0.3, -0.25) is 9.69 Å². The second-order valence-electron chi connectivity index (χ2n) is 5.18. The van der Waals surface area contributed by atoms with Crippen LogP contribution in [-0.4, -0.2) is 41.7 Å². The Kier molecular flexibility index (Phi) is 6.01. The van der Waals surface area contributed by atoms with Gasteiger partial charge in [0.15, 0.2) is 0 Å². The lowest BCUT2D eigenvalue weighted by atomic mass is 10.1. The first kappa shape index (κ1) is 15.5. The Balaban J connectivity index is 1.94. The van der Waals surface area contributed by atoms with Gasteiger partial charge in [0.05, 0.1) is 18.8 Å². The number of aliphatic hydroxyl groups is 1. The Morgan fingerprint density at radius 2 is 2.15 bits per heavy atom. The first-order valence-corrected chi connectivity index (χ1v) is 7.89. The van der Waals surface area contributed by atoms with Gasteiger partial charge in [0.1, 0.15) is 0 Å². The van der Waals surface area contributed by atoms with Crippen LogP contribution in [0.4, 0.5) is 5.69 Å². The highest BCUT2D eigenvalue weighted by Crippen LogP contribution is 2.21. The Morgan fingerprint density at radius 1 is 1.35 bits per heavy atom. The van der Waals surface area contributed by atoms with Crippen LogP contribution in [0, 0.1) is 0 Å². The fourth-order valence-electron chi connectivity index (χ4n) is 2.59. The first-order valence-electron chi connectivity index (χ1n) is 7.10. The summed E-state index contributed by atoms with van der Waals surface area (Å²) in [7, 11) is 0. The number of aliphatic hydroxyl groups excluding tert-OH is 1. The van der Waals surface area contributed by atoms with Crippen molar-refractivity contribution in [3.05, 3.63) is 28.7 Å². The fraction of sp³-hybridized carbons (Fsp3) is 0.533. The third-order valence-corrected chi connectivity index (χ3v) is 4.40. The lowest BCUT2D eigenvalue weighted by Gasteiger charge is -2.27. The molecule has 0 radical (unpaired) electrons. The van der Waals surface area contributed by atoms with Gasteiger partial charge in [-0.05, 0) is 47.4 Å². The molecule has 1 heterocycles. The third kappa shape index (κ3) is 4.30. The highest BCUT2D eigenvalue weighted by Gasteiger charge is 2.22. The number of hydrogen-bond acceptors (Lipinski definition) is 3. The van der Waals surface area contributed by atoms with Gasteiger partial charge in [-0.1, -0.05) is 25.0 Å². The highest BCUT2D eigenvalue weighted by molar-refractivity contribution is 9.10. The number of rotatable bonds is 4. The molecule has 1 atom stereocenters. The molecule has 20 heavy (non-hydrogen) atoms. The largest absolute Gasteiger partial charge is 0.395 e. The van der Waals surface area contributed by atoms with E-state index in [4.69, 9.17) is 0 Å². The topological polar surface area (TPSA) is 52.6 Å². The molecule has 4 nitrogen and oxygen atoms in total. The molecule has 0 spiro atoms. The maximum atomic E-state index is 12.2. The second kappa shape index (κ2) is 7.76. The molecule has 1 saturated heterocycles. The van der Waals surface area contributed by atoms with E-state index in [1.54, 1.807) is 0 Å². The zero-order valence-corrected chi connectivity index (χ0v) is 13.1. The van der Waals surface area contributed by atoms with Crippen LogP contribution < -0.4 is 5.32 Å². The van der Waals surface area contributed by atoms with Crippen molar-refractivity contribution in [2.24, 2.45) is 0 Å². The van der Waals surface area contributed by atoms with Gasteiger partial charge in [-0.25, -0.2) is 0 Å². The van der Waals surface area contributed by atoms with Crippen molar-refractivity contribution >= 4 is 27.5 Å². The molecular weight excluding hydrogens is 320 g/mol. The molecule has 1 fully saturated rings. The highest BCUT2D eigenvalue weighted by atomic mass is 79.9. The minimum absolute atomic E-state index is 0.0303. The van der Waals surface area contributed by atoms with E-state index in [0.717, 1.165) is 36.0 Å². The molecule has 5 heteroatoms. The summed E-state index contributed by atoms with van der Waals surface area (Å²) in [4.78, 5) is 14.2. The quantitative estimate of drug-likeness (QED) is 0.885. The molecule has 110 valence electrons. The summed E-state index contributed by atoms with van der Waals surface area (Å²) in [5.74, 6) is -0.0303. The summed E-state index contributed by atoms with van der Waals surface area (Å²) >= 11 is 3.42. The second-order valence-corrected chi connectivity index (χ2v) is 6.04. The molecule has 1 aliphatic heterocycles. The lowest BCUT2D eigenvalue weighted by molar-refractivity contribution is -0.118. The van der Waals surface area contributed by atoms with Crippen molar-refractivity contribution in [2.75, 3.05) is 25.0 Å². The summed E-state index contributed by atoms with van der Waals surface area (Å²) in [6.07, 6.45) is 4.38. The summed E-state index contributed by atoms with van der Waals surface area (Å²) in [5, 5.41) is 12.4. The molecule has 2 N–H and O–H groups in total. The van der Waals surface area contributed by atoms with Crippen LogP contribution in [0.3, 0.4) is 0 Å². The van der Waals surface area contributed by atoms with E-state index in [9.17, 15) is 9.90 Å². The number of nitrogens with one attached hydrogen (secondary N) is 1. The number of carbonyl (C=O) groups excluding carboxylic acids is 1. The van der Waals surface area contributed by atoms with Crippen molar-refractivity contribution in [2.45, 2.75) is 31.7 Å². The van der Waals surface area contributed by atoms with Crippen molar-refractivity contribution in [3.63, 3.8) is 0 Å². The molecule has 0 aliphatic carbocycles. The van der Waals surface area contributed by atoms with Crippen molar-refractivity contribution in [3.8, 4) is 0 Å². The molecule has 0 aromatic heterocycles. The van der Waals surface area contributed by atoms with Gasteiger partial charge >= 0.3 is 0 Å². The number of nitrogens with zero attached hydrogens (tertiary/aromatic N) is 1. The molecule has 2 rings (SSSR count). The molecular formula is C15H21BrN2O2. The predicted molar refractivity (Wildman–Crippen MR) is 83.7 cm³/mol. The number of likely N-dealkylation sites (tertiary alicyclic amines) is 1. The number of halogens is 1. The van der Waals surface area contributed by atoms with Crippen molar-refractivity contribution < 1.29 is 9.90 Å². The van der Waals surface area contributed by atoms with Crippen LogP contribution in [0.25, 0.3) is 0 Å². The number of anilines is 1. The van der Waals surface area contributed by atoms with E-state index in [1.807, 2.05) is 24.3 Å². The minimum Gasteiger partial charge on any atom is -0.395 e. The Labute approximate surface area is 128 Å². The van der Waals surface area contributed by atoms with Crippen LogP contribution >= 0.6 is 15.9 Å². The van der Waals surface area contributed by atoms with Crippen LogP contribution in [0.5, 0.6) is 0 Å². The molecule has 1 unspecified atom stereocenters. The molecule has 0 saturated carbocycles. The summed E-state index contributed by atoms with van der Waals surface area (Å²) < 4.78 is 0.878. The number of hydrogen-bond donors (Lipinski definition) is 2. The average Bonchev–Trinajstić information content (AvgIpc) is 2.66. The van der Waals surface area contributed by atoms with Crippen molar-refractivity contribution in [1.82, 2.24) is 4.90 Å². The van der Waals surface area contributed by atoms with E-state index in [1.165, 1.54) is 6.42 Å². The van der Waals surface area contributed by atoms with Crippen LogP contribution in [0.2, 0.25) is 0 Å². The number of amides is 1. The monoisotopic (exact) mass is 340 g/mol. The third-order valence-electron chi connectivity index (χ3n) is 3.70. The van der Waals surface area contributed by atoms with E-state index in [0.29, 0.717) is 6.54 Å². The average molecular weight is 341 g/mol. The van der Waals surface area contributed by atoms with Gasteiger partial charge in [0, 0.05) is 10.5 Å². The van der Waals surface area contributed by atoms with E-state index >= 15 is 0 Å². The zero-order chi connectivity index (χ0) is 14.4. The summed E-state index contributed by atoms with van der Waals surface area (Å²) in [6, 6.07) is 7.69. The van der Waals surface area contributed by atoms with E-state index in [2.05, 4.69) is 26.1 Å². The van der Waals surface area contributed by atoms with Crippen LogP contribution in [0.15, 0.2) is 28.7 Å².